The Morgan fingerprint density at radius 1 is 1.19 bits per heavy atom. The second-order valence-electron chi connectivity index (χ2n) is 6.30. The first-order valence-electron chi connectivity index (χ1n) is 8.38. The quantitative estimate of drug-likeness (QED) is 0.610. The summed E-state index contributed by atoms with van der Waals surface area (Å²) in [5.41, 5.74) is 2.13. The molecule has 0 N–H and O–H groups in total. The molecule has 8 heteroatoms. The summed E-state index contributed by atoms with van der Waals surface area (Å²) in [4.78, 5) is 16.9. The number of aryl methyl sites for hydroxylation is 2. The molecule has 1 amide bonds. The molecule has 5 nitrogen and oxygen atoms in total. The molecule has 3 rings (SSSR count). The van der Waals surface area contributed by atoms with E-state index in [0.29, 0.717) is 4.80 Å². The van der Waals surface area contributed by atoms with Crippen LogP contribution in [0.15, 0.2) is 52.4 Å². The lowest BCUT2D eigenvalue weighted by Crippen LogP contribution is -2.14. The van der Waals surface area contributed by atoms with E-state index in [1.807, 2.05) is 36.7 Å². The van der Waals surface area contributed by atoms with Gasteiger partial charge in [-0.3, -0.25) is 4.79 Å². The van der Waals surface area contributed by atoms with Crippen LogP contribution in [0, 0.1) is 12.7 Å². The van der Waals surface area contributed by atoms with Crippen molar-refractivity contribution in [2.45, 2.75) is 24.7 Å². The first-order valence-corrected chi connectivity index (χ1v) is 10.9. The van der Waals surface area contributed by atoms with E-state index in [0.717, 1.165) is 27.9 Å². The SMILES string of the molecule is Cc1ccc2c(c1)sc(=NC(=O)CCCS(=O)(=O)c1ccc(F)cc1)n2C. The fourth-order valence-corrected chi connectivity index (χ4v) is 5.13. The van der Waals surface area contributed by atoms with E-state index >= 15 is 0 Å². The van der Waals surface area contributed by atoms with Crippen molar-refractivity contribution in [1.82, 2.24) is 4.57 Å². The summed E-state index contributed by atoms with van der Waals surface area (Å²) in [5.74, 6) is -1.03. The molecule has 0 saturated heterocycles. The zero-order chi connectivity index (χ0) is 19.6. The molecule has 1 aromatic heterocycles. The smallest absolute Gasteiger partial charge is 0.248 e. The van der Waals surface area contributed by atoms with Gasteiger partial charge in [0.1, 0.15) is 5.82 Å². The van der Waals surface area contributed by atoms with E-state index in [9.17, 15) is 17.6 Å². The van der Waals surface area contributed by atoms with Crippen LogP contribution in [-0.2, 0) is 21.7 Å². The summed E-state index contributed by atoms with van der Waals surface area (Å²) in [7, 11) is -1.70. The Morgan fingerprint density at radius 3 is 2.59 bits per heavy atom. The third kappa shape index (κ3) is 4.51. The molecule has 0 aliphatic heterocycles. The number of hydrogen-bond donors (Lipinski definition) is 0. The van der Waals surface area contributed by atoms with E-state index in [2.05, 4.69) is 4.99 Å². The van der Waals surface area contributed by atoms with Crippen LogP contribution < -0.4 is 4.80 Å². The highest BCUT2D eigenvalue weighted by Crippen LogP contribution is 2.18. The Morgan fingerprint density at radius 2 is 1.89 bits per heavy atom. The first kappa shape index (κ1) is 19.4. The molecule has 2 aromatic carbocycles. The number of amides is 1. The topological polar surface area (TPSA) is 68.5 Å². The van der Waals surface area contributed by atoms with Gasteiger partial charge in [-0.2, -0.15) is 4.99 Å². The average molecular weight is 407 g/mol. The summed E-state index contributed by atoms with van der Waals surface area (Å²) >= 11 is 1.43. The molecule has 27 heavy (non-hydrogen) atoms. The van der Waals surface area contributed by atoms with Crippen LogP contribution in [0.25, 0.3) is 10.2 Å². The minimum absolute atomic E-state index is 0.0354. The molecule has 0 spiro atoms. The lowest BCUT2D eigenvalue weighted by atomic mass is 10.2. The number of carbonyl (C=O) groups excluding carboxylic acids is 1. The number of aromatic nitrogens is 1. The van der Waals surface area contributed by atoms with Crippen molar-refractivity contribution >= 4 is 37.3 Å². The molecule has 0 radical (unpaired) electrons. The summed E-state index contributed by atoms with van der Waals surface area (Å²) in [5, 5.41) is 0. The first-order chi connectivity index (χ1) is 12.8. The van der Waals surface area contributed by atoms with Gasteiger partial charge >= 0.3 is 0 Å². The maximum Gasteiger partial charge on any atom is 0.248 e. The van der Waals surface area contributed by atoms with Gasteiger partial charge in [0.15, 0.2) is 14.6 Å². The largest absolute Gasteiger partial charge is 0.319 e. The second kappa shape index (κ2) is 7.74. The van der Waals surface area contributed by atoms with E-state index in [4.69, 9.17) is 0 Å². The van der Waals surface area contributed by atoms with Crippen LogP contribution in [0.5, 0.6) is 0 Å². The molecule has 1 heterocycles. The molecule has 0 aliphatic rings. The predicted octanol–water partition coefficient (Wildman–Crippen LogP) is 3.37. The van der Waals surface area contributed by atoms with Gasteiger partial charge in [0.25, 0.3) is 0 Å². The molecule has 3 aromatic rings. The number of hydrogen-bond acceptors (Lipinski definition) is 4. The van der Waals surface area contributed by atoms with Crippen LogP contribution in [0.3, 0.4) is 0 Å². The molecule has 0 unspecified atom stereocenters. The monoisotopic (exact) mass is 406 g/mol. The molecule has 0 atom stereocenters. The predicted molar refractivity (Wildman–Crippen MR) is 104 cm³/mol. The Hall–Kier alpha value is -2.32. The fourth-order valence-electron chi connectivity index (χ4n) is 2.68. The van der Waals surface area contributed by atoms with Gasteiger partial charge < -0.3 is 4.57 Å². The van der Waals surface area contributed by atoms with Gasteiger partial charge in [-0.25, -0.2) is 12.8 Å². The standard InChI is InChI=1S/C19H19FN2O3S2/c1-13-5-10-16-17(12-13)26-19(22(16)2)21-18(23)4-3-11-27(24,25)15-8-6-14(20)7-9-15/h5-10,12H,3-4,11H2,1-2H3. The van der Waals surface area contributed by atoms with Crippen LogP contribution >= 0.6 is 11.3 Å². The zero-order valence-corrected chi connectivity index (χ0v) is 16.6. The third-order valence-electron chi connectivity index (χ3n) is 4.16. The fraction of sp³-hybridized carbons (Fsp3) is 0.263. The Kier molecular flexibility index (Phi) is 5.57. The Balaban J connectivity index is 1.69. The lowest BCUT2D eigenvalue weighted by Gasteiger charge is -2.03. The van der Waals surface area contributed by atoms with E-state index in [1.54, 1.807) is 0 Å². The zero-order valence-electron chi connectivity index (χ0n) is 15.0. The van der Waals surface area contributed by atoms with Crippen molar-refractivity contribution in [3.05, 3.63) is 58.6 Å². The Labute approximate surface area is 160 Å². The normalized spacial score (nSPS) is 12.6. The number of thiazole rings is 1. The average Bonchev–Trinajstić information content (AvgIpc) is 2.90. The van der Waals surface area contributed by atoms with Crippen molar-refractivity contribution < 1.29 is 17.6 Å². The van der Waals surface area contributed by atoms with Gasteiger partial charge in [-0.05, 0) is 55.3 Å². The van der Waals surface area contributed by atoms with Crippen LogP contribution in [0.1, 0.15) is 18.4 Å². The van der Waals surface area contributed by atoms with Crippen molar-refractivity contribution in [1.29, 1.82) is 0 Å². The number of carbonyl (C=O) groups is 1. The van der Waals surface area contributed by atoms with Crippen LogP contribution in [0.2, 0.25) is 0 Å². The van der Waals surface area contributed by atoms with Gasteiger partial charge in [0.2, 0.25) is 5.91 Å². The van der Waals surface area contributed by atoms with Gasteiger partial charge in [-0.1, -0.05) is 17.4 Å². The van der Waals surface area contributed by atoms with Crippen molar-refractivity contribution in [2.24, 2.45) is 12.0 Å². The van der Waals surface area contributed by atoms with Crippen LogP contribution in [-0.4, -0.2) is 24.6 Å². The highest BCUT2D eigenvalue weighted by Gasteiger charge is 2.15. The summed E-state index contributed by atoms with van der Waals surface area (Å²) in [6.07, 6.45) is 0.198. The molecule has 0 saturated carbocycles. The van der Waals surface area contributed by atoms with Gasteiger partial charge in [0.05, 0.1) is 20.9 Å². The van der Waals surface area contributed by atoms with Gasteiger partial charge in [-0.15, -0.1) is 0 Å². The highest BCUT2D eigenvalue weighted by molar-refractivity contribution is 7.91. The third-order valence-corrected chi connectivity index (χ3v) is 7.07. The maximum atomic E-state index is 12.9. The molecule has 0 bridgehead atoms. The molecule has 0 aliphatic carbocycles. The number of benzene rings is 2. The molecular weight excluding hydrogens is 387 g/mol. The maximum absolute atomic E-state index is 12.9. The molecular formula is C19H19FN2O3S2. The van der Waals surface area contributed by atoms with Crippen LogP contribution in [0.4, 0.5) is 4.39 Å². The van der Waals surface area contributed by atoms with E-state index < -0.39 is 15.7 Å². The van der Waals surface area contributed by atoms with Crippen molar-refractivity contribution in [2.75, 3.05) is 5.75 Å². The van der Waals surface area contributed by atoms with Crippen molar-refractivity contribution in [3.8, 4) is 0 Å². The van der Waals surface area contributed by atoms with Gasteiger partial charge in [0, 0.05) is 13.5 Å². The minimum Gasteiger partial charge on any atom is -0.319 e. The summed E-state index contributed by atoms with van der Waals surface area (Å²) < 4.78 is 40.3. The molecule has 0 fully saturated rings. The Bertz CT molecular complexity index is 1160. The lowest BCUT2D eigenvalue weighted by molar-refractivity contribution is -0.118. The summed E-state index contributed by atoms with van der Waals surface area (Å²) in [6, 6.07) is 10.7. The number of rotatable bonds is 5. The second-order valence-corrected chi connectivity index (χ2v) is 9.41. The number of sulfone groups is 1. The van der Waals surface area contributed by atoms with E-state index in [1.165, 1.54) is 23.5 Å². The van der Waals surface area contributed by atoms with Crippen molar-refractivity contribution in [3.63, 3.8) is 0 Å². The summed E-state index contributed by atoms with van der Waals surface area (Å²) in [6.45, 7) is 2.00. The highest BCUT2D eigenvalue weighted by atomic mass is 32.2. The number of fused-ring (bicyclic) bond motifs is 1. The molecule has 142 valence electrons. The number of halogens is 1. The number of nitrogens with zero attached hydrogens (tertiary/aromatic N) is 2. The minimum atomic E-state index is -3.54. The van der Waals surface area contributed by atoms with E-state index in [-0.39, 0.29) is 29.4 Å².